The van der Waals surface area contributed by atoms with Crippen LogP contribution in [0.2, 0.25) is 0 Å². The van der Waals surface area contributed by atoms with Crippen LogP contribution in [0.4, 0.5) is 11.5 Å². The number of para-hydroxylation sites is 1. The molecule has 1 N–H and O–H groups in total. The smallest absolute Gasteiger partial charge is 0.267 e. The molecule has 0 spiro atoms. The number of hydrogen-bond donors (Lipinski definition) is 1. The molecule has 0 aliphatic rings. The average Bonchev–Trinajstić information content (AvgIpc) is 2.78. The molecular weight excluding hydrogens is 320 g/mol. The Hall–Kier alpha value is -2.42. The van der Waals surface area contributed by atoms with E-state index in [1.165, 1.54) is 22.9 Å². The number of sulfonamides is 1. The Labute approximate surface area is 134 Å². The summed E-state index contributed by atoms with van der Waals surface area (Å²) in [6.45, 7) is 2.01. The molecule has 0 unspecified atom stereocenters. The predicted octanol–water partition coefficient (Wildman–Crippen LogP) is 2.22. The van der Waals surface area contributed by atoms with Gasteiger partial charge in [0.1, 0.15) is 11.6 Å². The minimum absolute atomic E-state index is 0.140. The van der Waals surface area contributed by atoms with Gasteiger partial charge < -0.3 is 0 Å². The second-order valence-corrected chi connectivity index (χ2v) is 6.86. The highest BCUT2D eigenvalue weighted by Crippen LogP contribution is 2.21. The fraction of sp³-hybridized carbons (Fsp3) is 0.357. The molecule has 0 aliphatic heterocycles. The molecule has 2 aromatic rings. The Morgan fingerprint density at radius 3 is 2.70 bits per heavy atom. The molecule has 0 bridgehead atoms. The highest BCUT2D eigenvalue weighted by molar-refractivity contribution is 7.91. The molecule has 0 amide bonds. The summed E-state index contributed by atoms with van der Waals surface area (Å²) in [5.41, 5.74) is 0.717. The molecule has 0 saturated heterocycles. The lowest BCUT2D eigenvalue weighted by Gasteiger charge is -2.08. The van der Waals surface area contributed by atoms with Crippen LogP contribution in [0.1, 0.15) is 24.6 Å². The number of rotatable bonds is 7. The largest absolute Gasteiger partial charge is 0.273 e. The van der Waals surface area contributed by atoms with Crippen molar-refractivity contribution < 1.29 is 13.3 Å². The Balaban J connectivity index is 2.22. The SMILES string of the molecule is CCCc1cc(NS(=O)(=O)Cc2ccccc2[N+](=O)[O-])n(C)n1. The molecular formula is C14H18N4O4S. The van der Waals surface area contributed by atoms with Gasteiger partial charge in [0.05, 0.1) is 10.6 Å². The van der Waals surface area contributed by atoms with Crippen molar-refractivity contribution in [3.8, 4) is 0 Å². The van der Waals surface area contributed by atoms with Gasteiger partial charge in [-0.3, -0.25) is 19.5 Å². The van der Waals surface area contributed by atoms with Gasteiger partial charge in [-0.1, -0.05) is 31.5 Å². The first-order valence-electron chi connectivity index (χ1n) is 7.08. The van der Waals surface area contributed by atoms with Crippen molar-refractivity contribution in [2.24, 2.45) is 7.05 Å². The molecule has 8 nitrogen and oxygen atoms in total. The molecule has 0 radical (unpaired) electrons. The van der Waals surface area contributed by atoms with E-state index < -0.39 is 20.7 Å². The Morgan fingerprint density at radius 2 is 2.04 bits per heavy atom. The van der Waals surface area contributed by atoms with Gasteiger partial charge in [0, 0.05) is 24.7 Å². The van der Waals surface area contributed by atoms with Gasteiger partial charge >= 0.3 is 0 Å². The quantitative estimate of drug-likeness (QED) is 0.615. The number of nitro groups is 1. The number of aromatic nitrogens is 2. The van der Waals surface area contributed by atoms with E-state index in [-0.39, 0.29) is 11.3 Å². The molecule has 0 saturated carbocycles. The lowest BCUT2D eigenvalue weighted by atomic mass is 10.2. The molecule has 1 aromatic carbocycles. The summed E-state index contributed by atoms with van der Waals surface area (Å²) in [5.74, 6) is -0.134. The monoisotopic (exact) mass is 338 g/mol. The third-order valence-corrected chi connectivity index (χ3v) is 4.44. The number of anilines is 1. The molecule has 1 heterocycles. The number of aryl methyl sites for hydroxylation is 2. The fourth-order valence-electron chi connectivity index (χ4n) is 2.21. The van der Waals surface area contributed by atoms with Crippen molar-refractivity contribution in [3.63, 3.8) is 0 Å². The van der Waals surface area contributed by atoms with Gasteiger partial charge in [0.2, 0.25) is 10.0 Å². The summed E-state index contributed by atoms with van der Waals surface area (Å²) < 4.78 is 28.5. The van der Waals surface area contributed by atoms with E-state index in [4.69, 9.17) is 0 Å². The highest BCUT2D eigenvalue weighted by atomic mass is 32.2. The van der Waals surface area contributed by atoms with Gasteiger partial charge in [-0.2, -0.15) is 5.10 Å². The van der Waals surface area contributed by atoms with Crippen LogP contribution < -0.4 is 4.72 Å². The van der Waals surface area contributed by atoms with Gasteiger partial charge in [-0.25, -0.2) is 8.42 Å². The van der Waals surface area contributed by atoms with Gasteiger partial charge in [0.25, 0.3) is 5.69 Å². The second kappa shape index (κ2) is 6.78. The fourth-order valence-corrected chi connectivity index (χ4v) is 3.45. The zero-order valence-electron chi connectivity index (χ0n) is 12.9. The minimum Gasteiger partial charge on any atom is -0.267 e. The summed E-state index contributed by atoms with van der Waals surface area (Å²) in [7, 11) is -2.14. The molecule has 2 rings (SSSR count). The Bertz CT molecular complexity index is 814. The highest BCUT2D eigenvalue weighted by Gasteiger charge is 2.21. The van der Waals surface area contributed by atoms with Crippen LogP contribution >= 0.6 is 0 Å². The van der Waals surface area contributed by atoms with Crippen molar-refractivity contribution in [2.75, 3.05) is 4.72 Å². The van der Waals surface area contributed by atoms with Crippen LogP contribution in [-0.4, -0.2) is 23.1 Å². The predicted molar refractivity (Wildman–Crippen MR) is 86.5 cm³/mol. The van der Waals surface area contributed by atoms with Crippen LogP contribution in [0.5, 0.6) is 0 Å². The van der Waals surface area contributed by atoms with E-state index in [9.17, 15) is 18.5 Å². The molecule has 0 atom stereocenters. The summed E-state index contributed by atoms with van der Waals surface area (Å²) in [4.78, 5) is 10.4. The number of nitrogens with one attached hydrogen (secondary N) is 1. The van der Waals surface area contributed by atoms with Crippen LogP contribution in [0.25, 0.3) is 0 Å². The molecule has 1 aromatic heterocycles. The average molecular weight is 338 g/mol. The Kier molecular flexibility index (Phi) is 4.99. The van der Waals surface area contributed by atoms with Crippen LogP contribution in [0, 0.1) is 10.1 Å². The van der Waals surface area contributed by atoms with E-state index in [2.05, 4.69) is 9.82 Å². The molecule has 124 valence electrons. The van der Waals surface area contributed by atoms with Crippen molar-refractivity contribution in [1.29, 1.82) is 0 Å². The first-order valence-corrected chi connectivity index (χ1v) is 8.73. The van der Waals surface area contributed by atoms with Crippen molar-refractivity contribution in [3.05, 3.63) is 51.7 Å². The lowest BCUT2D eigenvalue weighted by Crippen LogP contribution is -2.17. The van der Waals surface area contributed by atoms with Gasteiger partial charge in [0.15, 0.2) is 0 Å². The maximum atomic E-state index is 12.3. The van der Waals surface area contributed by atoms with Crippen LogP contribution in [0.15, 0.2) is 30.3 Å². The van der Waals surface area contributed by atoms with Crippen LogP contribution in [0.3, 0.4) is 0 Å². The zero-order chi connectivity index (χ0) is 17.0. The number of hydrogen-bond acceptors (Lipinski definition) is 5. The number of benzene rings is 1. The van der Waals surface area contributed by atoms with E-state index in [1.807, 2.05) is 6.92 Å². The maximum Gasteiger partial charge on any atom is 0.273 e. The van der Waals surface area contributed by atoms with E-state index in [0.29, 0.717) is 5.82 Å². The molecule has 0 fully saturated rings. The van der Waals surface area contributed by atoms with Crippen molar-refractivity contribution >= 4 is 21.5 Å². The zero-order valence-corrected chi connectivity index (χ0v) is 13.7. The molecule has 9 heteroatoms. The van der Waals surface area contributed by atoms with E-state index in [1.54, 1.807) is 19.2 Å². The molecule has 23 heavy (non-hydrogen) atoms. The lowest BCUT2D eigenvalue weighted by molar-refractivity contribution is -0.385. The Morgan fingerprint density at radius 1 is 1.35 bits per heavy atom. The summed E-state index contributed by atoms with van der Waals surface area (Å²) in [5, 5.41) is 15.2. The molecule has 0 aliphatic carbocycles. The second-order valence-electron chi connectivity index (χ2n) is 5.14. The van der Waals surface area contributed by atoms with Gasteiger partial charge in [-0.05, 0) is 6.42 Å². The summed E-state index contributed by atoms with van der Waals surface area (Å²) in [6.07, 6.45) is 1.65. The van der Waals surface area contributed by atoms with Crippen molar-refractivity contribution in [2.45, 2.75) is 25.5 Å². The summed E-state index contributed by atoms with van der Waals surface area (Å²) >= 11 is 0. The third kappa shape index (κ3) is 4.28. The summed E-state index contributed by atoms with van der Waals surface area (Å²) in [6, 6.07) is 7.46. The number of nitrogens with zero attached hydrogens (tertiary/aromatic N) is 3. The topological polar surface area (TPSA) is 107 Å². The van der Waals surface area contributed by atoms with E-state index >= 15 is 0 Å². The first-order chi connectivity index (χ1) is 10.8. The van der Waals surface area contributed by atoms with E-state index in [0.717, 1.165) is 18.5 Å². The van der Waals surface area contributed by atoms with Gasteiger partial charge in [-0.15, -0.1) is 0 Å². The normalized spacial score (nSPS) is 11.4. The first kappa shape index (κ1) is 16.9. The maximum absolute atomic E-state index is 12.3. The minimum atomic E-state index is -3.78. The van der Waals surface area contributed by atoms with Crippen molar-refractivity contribution in [1.82, 2.24) is 9.78 Å². The number of nitro benzene ring substituents is 1. The third-order valence-electron chi connectivity index (χ3n) is 3.23. The standard InChI is InChI=1S/C14H18N4O4S/c1-3-6-12-9-14(17(2)15-12)16-23(21,22)10-11-7-4-5-8-13(11)18(19)20/h4-5,7-9,16H,3,6,10H2,1-2H3. The van der Waals surface area contributed by atoms with Crippen LogP contribution in [-0.2, 0) is 29.2 Å².